The molecule has 0 saturated carbocycles. The van der Waals surface area contributed by atoms with Crippen LogP contribution < -0.4 is 0 Å². The molecule has 0 atom stereocenters. The van der Waals surface area contributed by atoms with Crippen molar-refractivity contribution in [2.24, 2.45) is 0 Å². The van der Waals surface area contributed by atoms with E-state index < -0.39 is 12.1 Å². The third-order valence-corrected chi connectivity index (χ3v) is 1.41. The Balaban J connectivity index is 2.35. The average molecular weight is 199 g/mol. The number of halogens is 3. The van der Waals surface area contributed by atoms with Gasteiger partial charge in [-0.1, -0.05) is 0 Å². The fourth-order valence-electron chi connectivity index (χ4n) is 0.807. The average Bonchev–Trinajstić information content (AvgIpc) is 2.04. The third-order valence-electron chi connectivity index (χ3n) is 1.41. The number of rotatable bonds is 1. The van der Waals surface area contributed by atoms with Gasteiger partial charge < -0.3 is 9.57 Å². The van der Waals surface area contributed by atoms with E-state index in [0.29, 0.717) is 0 Å². The Hall–Kier alpha value is -0.820. The number of hydrogen-bond acceptors (Lipinski definition) is 4. The number of nitrogens with zero attached hydrogens (tertiary/aromatic N) is 1. The van der Waals surface area contributed by atoms with Crippen LogP contribution in [-0.4, -0.2) is 43.5 Å². The molecule has 1 heterocycles. The Bertz CT molecular complexity index is 188. The maximum Gasteiger partial charge on any atom is 0.492 e. The van der Waals surface area contributed by atoms with Crippen molar-refractivity contribution in [3.05, 3.63) is 0 Å². The van der Waals surface area contributed by atoms with Crippen LogP contribution in [0.25, 0.3) is 0 Å². The number of carbonyl (C=O) groups excluding carboxylic acids is 1. The Morgan fingerprint density at radius 2 is 1.85 bits per heavy atom. The van der Waals surface area contributed by atoms with E-state index in [-0.39, 0.29) is 26.3 Å². The zero-order chi connectivity index (χ0) is 9.90. The highest BCUT2D eigenvalue weighted by atomic mass is 19.4. The second-order valence-electron chi connectivity index (χ2n) is 2.42. The maximum atomic E-state index is 11.7. The lowest BCUT2D eigenvalue weighted by Gasteiger charge is -2.25. The molecule has 4 nitrogen and oxygen atoms in total. The number of hydroxylamine groups is 2. The SMILES string of the molecule is O=C(ON1CCOCC1)C(F)(F)F. The van der Waals surface area contributed by atoms with Crippen molar-refractivity contribution in [2.75, 3.05) is 26.3 Å². The standard InChI is InChI=1S/C6H8F3NO3/c7-6(8,9)5(11)13-10-1-3-12-4-2-10/h1-4H2. The predicted molar refractivity (Wildman–Crippen MR) is 34.5 cm³/mol. The minimum Gasteiger partial charge on any atom is -0.379 e. The number of carbonyl (C=O) groups is 1. The van der Waals surface area contributed by atoms with Gasteiger partial charge in [-0.25, -0.2) is 4.79 Å². The van der Waals surface area contributed by atoms with E-state index in [0.717, 1.165) is 5.06 Å². The molecule has 7 heteroatoms. The number of hydrogen-bond donors (Lipinski definition) is 0. The molecule has 76 valence electrons. The number of alkyl halides is 3. The monoisotopic (exact) mass is 199 g/mol. The summed E-state index contributed by atoms with van der Waals surface area (Å²) in [6.07, 6.45) is -4.93. The van der Waals surface area contributed by atoms with Gasteiger partial charge in [0.05, 0.1) is 26.3 Å². The smallest absolute Gasteiger partial charge is 0.379 e. The molecule has 13 heavy (non-hydrogen) atoms. The summed E-state index contributed by atoms with van der Waals surface area (Å²) in [5.74, 6) is -2.19. The second kappa shape index (κ2) is 3.93. The quantitative estimate of drug-likeness (QED) is 0.610. The van der Waals surface area contributed by atoms with Crippen molar-refractivity contribution in [1.82, 2.24) is 5.06 Å². The summed E-state index contributed by atoms with van der Waals surface area (Å²) < 4.78 is 39.9. The molecule has 0 amide bonds. The summed E-state index contributed by atoms with van der Waals surface area (Å²) in [5.41, 5.74) is 0. The molecule has 1 rings (SSSR count). The van der Waals surface area contributed by atoms with Crippen LogP contribution in [0.4, 0.5) is 13.2 Å². The first-order chi connectivity index (χ1) is 6.00. The van der Waals surface area contributed by atoms with Crippen LogP contribution in [0.3, 0.4) is 0 Å². The minimum absolute atomic E-state index is 0.168. The van der Waals surface area contributed by atoms with E-state index in [2.05, 4.69) is 4.84 Å². The van der Waals surface area contributed by atoms with E-state index >= 15 is 0 Å². The topological polar surface area (TPSA) is 38.8 Å². The number of morpholine rings is 1. The summed E-state index contributed by atoms with van der Waals surface area (Å²) >= 11 is 0. The van der Waals surface area contributed by atoms with E-state index in [1.807, 2.05) is 0 Å². The molecule has 0 radical (unpaired) electrons. The van der Waals surface area contributed by atoms with Crippen LogP contribution in [0.1, 0.15) is 0 Å². The van der Waals surface area contributed by atoms with Crippen molar-refractivity contribution in [1.29, 1.82) is 0 Å². The molecule has 0 aliphatic carbocycles. The predicted octanol–water partition coefficient (Wildman–Crippen LogP) is 0.339. The van der Waals surface area contributed by atoms with Crippen LogP contribution >= 0.6 is 0 Å². The van der Waals surface area contributed by atoms with Gasteiger partial charge in [0.1, 0.15) is 0 Å². The van der Waals surface area contributed by atoms with E-state index in [1.165, 1.54) is 0 Å². The Kier molecular flexibility index (Phi) is 3.10. The fourth-order valence-corrected chi connectivity index (χ4v) is 0.807. The van der Waals surface area contributed by atoms with Gasteiger partial charge >= 0.3 is 12.1 Å². The van der Waals surface area contributed by atoms with Crippen molar-refractivity contribution in [3.63, 3.8) is 0 Å². The van der Waals surface area contributed by atoms with Crippen LogP contribution in [0.5, 0.6) is 0 Å². The Morgan fingerprint density at radius 3 is 2.31 bits per heavy atom. The van der Waals surface area contributed by atoms with Gasteiger partial charge in [0.15, 0.2) is 0 Å². The summed E-state index contributed by atoms with van der Waals surface area (Å²) in [6, 6.07) is 0. The summed E-state index contributed by atoms with van der Waals surface area (Å²) in [6.45, 7) is 0.875. The largest absolute Gasteiger partial charge is 0.492 e. The van der Waals surface area contributed by atoms with Gasteiger partial charge in [-0.15, -0.1) is 5.06 Å². The molecule has 0 N–H and O–H groups in total. The zero-order valence-corrected chi connectivity index (χ0v) is 6.63. The molecule has 0 unspecified atom stereocenters. The molecule has 1 aliphatic rings. The van der Waals surface area contributed by atoms with E-state index in [4.69, 9.17) is 4.74 Å². The van der Waals surface area contributed by atoms with Gasteiger partial charge in [-0.2, -0.15) is 13.2 Å². The van der Waals surface area contributed by atoms with Gasteiger partial charge in [-0.05, 0) is 0 Å². The first-order valence-corrected chi connectivity index (χ1v) is 3.62. The Labute approximate surface area is 72.2 Å². The first kappa shape index (κ1) is 10.3. The summed E-state index contributed by atoms with van der Waals surface area (Å²) in [4.78, 5) is 14.3. The van der Waals surface area contributed by atoms with E-state index in [1.54, 1.807) is 0 Å². The van der Waals surface area contributed by atoms with Gasteiger partial charge in [0.2, 0.25) is 0 Å². The molecule has 0 aromatic heterocycles. The minimum atomic E-state index is -4.93. The maximum absolute atomic E-state index is 11.7. The van der Waals surface area contributed by atoms with Crippen LogP contribution in [-0.2, 0) is 14.4 Å². The molecular weight excluding hydrogens is 191 g/mol. The molecule has 1 fully saturated rings. The van der Waals surface area contributed by atoms with Crippen LogP contribution in [0.15, 0.2) is 0 Å². The van der Waals surface area contributed by atoms with Crippen molar-refractivity contribution >= 4 is 5.97 Å². The molecule has 0 aromatic rings. The third kappa shape index (κ3) is 3.19. The zero-order valence-electron chi connectivity index (χ0n) is 6.63. The molecular formula is C6H8F3NO3. The van der Waals surface area contributed by atoms with Crippen molar-refractivity contribution in [3.8, 4) is 0 Å². The second-order valence-corrected chi connectivity index (χ2v) is 2.42. The van der Waals surface area contributed by atoms with E-state index in [9.17, 15) is 18.0 Å². The first-order valence-electron chi connectivity index (χ1n) is 3.62. The van der Waals surface area contributed by atoms with Gasteiger partial charge in [0.25, 0.3) is 0 Å². The Morgan fingerprint density at radius 1 is 1.31 bits per heavy atom. The van der Waals surface area contributed by atoms with Gasteiger partial charge in [-0.3, -0.25) is 0 Å². The summed E-state index contributed by atoms with van der Waals surface area (Å²) in [5, 5.41) is 0.944. The highest BCUT2D eigenvalue weighted by Crippen LogP contribution is 2.17. The molecule has 0 bridgehead atoms. The van der Waals surface area contributed by atoms with Crippen molar-refractivity contribution < 1.29 is 27.5 Å². The fraction of sp³-hybridized carbons (Fsp3) is 0.833. The van der Waals surface area contributed by atoms with Crippen LogP contribution in [0.2, 0.25) is 0 Å². The lowest BCUT2D eigenvalue weighted by atomic mass is 10.5. The molecule has 1 saturated heterocycles. The highest BCUT2D eigenvalue weighted by molar-refractivity contribution is 5.75. The molecule has 1 aliphatic heterocycles. The highest BCUT2D eigenvalue weighted by Gasteiger charge is 2.42. The van der Waals surface area contributed by atoms with Crippen molar-refractivity contribution in [2.45, 2.75) is 6.18 Å². The van der Waals surface area contributed by atoms with Gasteiger partial charge in [0, 0.05) is 0 Å². The lowest BCUT2D eigenvalue weighted by molar-refractivity contribution is -0.247. The lowest BCUT2D eigenvalue weighted by Crippen LogP contribution is -2.41. The van der Waals surface area contributed by atoms with Crippen LogP contribution in [0, 0.1) is 0 Å². The molecule has 0 aromatic carbocycles. The normalized spacial score (nSPS) is 19.9. The summed E-state index contributed by atoms with van der Waals surface area (Å²) in [7, 11) is 0. The number of ether oxygens (including phenoxy) is 1. The molecule has 0 spiro atoms.